The maximum Gasteiger partial charge on any atom is 0.0207 e. The van der Waals surface area contributed by atoms with Crippen molar-refractivity contribution in [3.05, 3.63) is 0 Å². The molecular weight excluding hydrogens is 220 g/mol. The highest BCUT2D eigenvalue weighted by atomic mass is 15.3. The van der Waals surface area contributed by atoms with Crippen molar-refractivity contribution in [1.29, 1.82) is 0 Å². The molecule has 2 rings (SSSR count). The minimum Gasteiger partial charge on any atom is -0.315 e. The highest BCUT2D eigenvalue weighted by Crippen LogP contribution is 2.37. The first kappa shape index (κ1) is 14.3. The summed E-state index contributed by atoms with van der Waals surface area (Å²) in [6.07, 6.45) is 11.3. The summed E-state index contributed by atoms with van der Waals surface area (Å²) in [4.78, 5) is 2.78. The molecule has 0 radical (unpaired) electrons. The van der Waals surface area contributed by atoms with E-state index in [1.165, 1.54) is 77.5 Å². The number of nitrogens with one attached hydrogen (secondary N) is 1. The molecular formula is C16H32N2. The summed E-state index contributed by atoms with van der Waals surface area (Å²) in [7, 11) is 0. The van der Waals surface area contributed by atoms with Crippen LogP contribution in [-0.4, -0.2) is 37.1 Å². The van der Waals surface area contributed by atoms with Gasteiger partial charge in [-0.1, -0.05) is 52.4 Å². The average molecular weight is 252 g/mol. The fraction of sp³-hybridized carbons (Fsp3) is 1.00. The smallest absolute Gasteiger partial charge is 0.0207 e. The molecule has 0 saturated carbocycles. The number of unbranched alkanes of at least 4 members (excludes halogenated alkanes) is 4. The van der Waals surface area contributed by atoms with Crippen molar-refractivity contribution < 1.29 is 0 Å². The Morgan fingerprint density at radius 1 is 0.944 bits per heavy atom. The summed E-state index contributed by atoms with van der Waals surface area (Å²) in [5.74, 6) is 0. The van der Waals surface area contributed by atoms with E-state index < -0.39 is 0 Å². The molecule has 1 spiro atoms. The molecule has 0 aromatic rings. The van der Waals surface area contributed by atoms with Gasteiger partial charge in [0, 0.05) is 37.6 Å². The van der Waals surface area contributed by atoms with Crippen LogP contribution in [0.3, 0.4) is 0 Å². The van der Waals surface area contributed by atoms with E-state index in [2.05, 4.69) is 24.1 Å². The second-order valence-electron chi connectivity index (χ2n) is 6.65. The van der Waals surface area contributed by atoms with Crippen LogP contribution in [0.1, 0.15) is 65.2 Å². The molecule has 0 atom stereocenters. The zero-order chi connectivity index (χ0) is 12.8. The van der Waals surface area contributed by atoms with Gasteiger partial charge in [-0.15, -0.1) is 0 Å². The van der Waals surface area contributed by atoms with Crippen molar-refractivity contribution in [2.45, 2.75) is 71.3 Å². The molecule has 2 aliphatic heterocycles. The van der Waals surface area contributed by atoms with Crippen molar-refractivity contribution >= 4 is 0 Å². The average Bonchev–Trinajstić information content (AvgIpc) is 2.25. The normalized spacial score (nSPS) is 22.2. The van der Waals surface area contributed by atoms with Gasteiger partial charge in [-0.2, -0.15) is 0 Å². The Morgan fingerprint density at radius 3 is 1.89 bits per heavy atom. The molecule has 2 heteroatoms. The molecule has 0 aliphatic carbocycles. The van der Waals surface area contributed by atoms with E-state index >= 15 is 0 Å². The summed E-state index contributed by atoms with van der Waals surface area (Å²) in [6, 6.07) is 0.898. The Bertz CT molecular complexity index is 217. The molecule has 2 saturated heterocycles. The third-order valence-corrected chi connectivity index (χ3v) is 4.88. The van der Waals surface area contributed by atoms with Crippen molar-refractivity contribution in [2.75, 3.05) is 26.2 Å². The summed E-state index contributed by atoms with van der Waals surface area (Å²) in [6.45, 7) is 9.93. The lowest BCUT2D eigenvalue weighted by Crippen LogP contribution is -2.72. The number of hydrogen-bond acceptors (Lipinski definition) is 2. The van der Waals surface area contributed by atoms with Gasteiger partial charge in [0.1, 0.15) is 0 Å². The van der Waals surface area contributed by atoms with Crippen molar-refractivity contribution in [3.63, 3.8) is 0 Å². The molecule has 18 heavy (non-hydrogen) atoms. The predicted molar refractivity (Wildman–Crippen MR) is 78.9 cm³/mol. The maximum absolute atomic E-state index is 3.44. The fourth-order valence-electron chi connectivity index (χ4n) is 3.55. The van der Waals surface area contributed by atoms with Gasteiger partial charge in [0.25, 0.3) is 0 Å². The van der Waals surface area contributed by atoms with E-state index in [-0.39, 0.29) is 0 Å². The Balaban J connectivity index is 1.69. The van der Waals surface area contributed by atoms with Gasteiger partial charge in [-0.3, -0.25) is 4.90 Å². The largest absolute Gasteiger partial charge is 0.315 e. The van der Waals surface area contributed by atoms with Crippen molar-refractivity contribution in [1.82, 2.24) is 10.2 Å². The molecule has 2 aliphatic rings. The Kier molecular flexibility index (Phi) is 5.50. The Labute approximate surface area is 114 Å². The van der Waals surface area contributed by atoms with Crippen LogP contribution in [0.25, 0.3) is 0 Å². The standard InChI is InChI=1S/C16H32N2/c1-3-5-7-9-15(10-8-6-4-2)18-13-16(14-18)11-17-12-16/h15,17H,3-14H2,1-2H3. The lowest BCUT2D eigenvalue weighted by Gasteiger charge is -2.58. The number of hydrogen-bond donors (Lipinski definition) is 1. The van der Waals surface area contributed by atoms with Gasteiger partial charge < -0.3 is 5.32 Å². The van der Waals surface area contributed by atoms with E-state index in [4.69, 9.17) is 0 Å². The van der Waals surface area contributed by atoms with Crippen LogP contribution < -0.4 is 5.32 Å². The van der Waals surface area contributed by atoms with E-state index in [1.54, 1.807) is 0 Å². The van der Waals surface area contributed by atoms with Crippen molar-refractivity contribution in [3.8, 4) is 0 Å². The Hall–Kier alpha value is -0.0800. The molecule has 2 nitrogen and oxygen atoms in total. The molecule has 0 amide bonds. The van der Waals surface area contributed by atoms with Crippen LogP contribution in [0, 0.1) is 5.41 Å². The van der Waals surface area contributed by atoms with Crippen LogP contribution in [-0.2, 0) is 0 Å². The third kappa shape index (κ3) is 3.48. The maximum atomic E-state index is 3.44. The first-order valence-electron chi connectivity index (χ1n) is 8.24. The van der Waals surface area contributed by atoms with Gasteiger partial charge in [0.2, 0.25) is 0 Å². The quantitative estimate of drug-likeness (QED) is 0.633. The summed E-state index contributed by atoms with van der Waals surface area (Å²) in [5.41, 5.74) is 0.702. The zero-order valence-electron chi connectivity index (χ0n) is 12.5. The number of nitrogens with zero attached hydrogens (tertiary/aromatic N) is 1. The van der Waals surface area contributed by atoms with Crippen LogP contribution in [0.15, 0.2) is 0 Å². The molecule has 0 aromatic carbocycles. The highest BCUT2D eigenvalue weighted by molar-refractivity contribution is 5.05. The van der Waals surface area contributed by atoms with Gasteiger partial charge in [0.05, 0.1) is 0 Å². The molecule has 1 N–H and O–H groups in total. The molecule has 2 fully saturated rings. The number of likely N-dealkylation sites (tertiary alicyclic amines) is 1. The molecule has 0 bridgehead atoms. The first-order chi connectivity index (χ1) is 8.79. The monoisotopic (exact) mass is 252 g/mol. The molecule has 0 unspecified atom stereocenters. The first-order valence-corrected chi connectivity index (χ1v) is 8.24. The van der Waals surface area contributed by atoms with E-state index in [0.29, 0.717) is 5.41 Å². The van der Waals surface area contributed by atoms with E-state index in [0.717, 1.165) is 6.04 Å². The Morgan fingerprint density at radius 2 is 1.50 bits per heavy atom. The third-order valence-electron chi connectivity index (χ3n) is 4.88. The molecule has 2 heterocycles. The van der Waals surface area contributed by atoms with Crippen LogP contribution >= 0.6 is 0 Å². The van der Waals surface area contributed by atoms with Crippen LogP contribution in [0.4, 0.5) is 0 Å². The van der Waals surface area contributed by atoms with Gasteiger partial charge >= 0.3 is 0 Å². The van der Waals surface area contributed by atoms with E-state index in [1.807, 2.05) is 0 Å². The van der Waals surface area contributed by atoms with Gasteiger partial charge in [0.15, 0.2) is 0 Å². The molecule has 106 valence electrons. The van der Waals surface area contributed by atoms with Crippen LogP contribution in [0.5, 0.6) is 0 Å². The fourth-order valence-corrected chi connectivity index (χ4v) is 3.55. The van der Waals surface area contributed by atoms with Gasteiger partial charge in [-0.25, -0.2) is 0 Å². The highest BCUT2D eigenvalue weighted by Gasteiger charge is 2.48. The van der Waals surface area contributed by atoms with Crippen molar-refractivity contribution in [2.24, 2.45) is 5.41 Å². The number of rotatable bonds is 9. The lowest BCUT2D eigenvalue weighted by molar-refractivity contribution is -0.0691. The van der Waals surface area contributed by atoms with Gasteiger partial charge in [-0.05, 0) is 12.8 Å². The zero-order valence-corrected chi connectivity index (χ0v) is 12.5. The van der Waals surface area contributed by atoms with Crippen LogP contribution in [0.2, 0.25) is 0 Å². The second kappa shape index (κ2) is 6.91. The minimum atomic E-state index is 0.702. The summed E-state index contributed by atoms with van der Waals surface area (Å²) >= 11 is 0. The summed E-state index contributed by atoms with van der Waals surface area (Å²) in [5, 5.41) is 3.44. The minimum absolute atomic E-state index is 0.702. The SMILES string of the molecule is CCCCCC(CCCCC)N1CC2(CNC2)C1. The lowest BCUT2D eigenvalue weighted by atomic mass is 9.73. The second-order valence-corrected chi connectivity index (χ2v) is 6.65. The molecule has 0 aromatic heterocycles. The topological polar surface area (TPSA) is 15.3 Å². The summed E-state index contributed by atoms with van der Waals surface area (Å²) < 4.78 is 0. The predicted octanol–water partition coefficient (Wildman–Crippen LogP) is 3.42. The van der Waals surface area contributed by atoms with E-state index in [9.17, 15) is 0 Å².